The maximum Gasteiger partial charge on any atom is 0.253 e. The predicted molar refractivity (Wildman–Crippen MR) is 117 cm³/mol. The second-order valence-electron chi connectivity index (χ2n) is 6.40. The minimum absolute atomic E-state index is 0.218. The fourth-order valence-electron chi connectivity index (χ4n) is 2.86. The van der Waals surface area contributed by atoms with Crippen LogP contribution in [0.15, 0.2) is 42.5 Å². The summed E-state index contributed by atoms with van der Waals surface area (Å²) in [6.07, 6.45) is 4.87. The van der Waals surface area contributed by atoms with Crippen molar-refractivity contribution in [3.05, 3.63) is 53.6 Å². The lowest BCUT2D eigenvalue weighted by Gasteiger charge is -2.14. The van der Waals surface area contributed by atoms with Crippen molar-refractivity contribution < 1.29 is 23.8 Å². The van der Waals surface area contributed by atoms with Gasteiger partial charge in [-0.25, -0.2) is 0 Å². The largest absolute Gasteiger partial charge is 0.493 e. The number of nitrogens with one attached hydrogen (secondary N) is 2. The normalized spacial score (nSPS) is 10.5. The van der Waals surface area contributed by atoms with Crippen LogP contribution in [0.1, 0.15) is 35.7 Å². The zero-order chi connectivity index (χ0) is 21.9. The summed E-state index contributed by atoms with van der Waals surface area (Å²) in [5, 5.41) is 5.62. The van der Waals surface area contributed by atoms with E-state index in [4.69, 9.17) is 14.2 Å². The quantitative estimate of drug-likeness (QED) is 0.457. The number of amides is 2. The van der Waals surface area contributed by atoms with Crippen LogP contribution in [-0.4, -0.2) is 39.7 Å². The molecule has 0 aliphatic carbocycles. The van der Waals surface area contributed by atoms with E-state index in [-0.39, 0.29) is 11.8 Å². The van der Waals surface area contributed by atoms with Crippen molar-refractivity contribution in [2.75, 3.05) is 33.2 Å². The highest BCUT2D eigenvalue weighted by Crippen LogP contribution is 2.40. The monoisotopic (exact) mass is 412 g/mol. The lowest BCUT2D eigenvalue weighted by atomic mass is 10.1. The van der Waals surface area contributed by atoms with Crippen LogP contribution < -0.4 is 24.8 Å². The average molecular weight is 412 g/mol. The van der Waals surface area contributed by atoms with E-state index in [9.17, 15) is 9.59 Å². The van der Waals surface area contributed by atoms with E-state index in [0.717, 1.165) is 12.8 Å². The highest BCUT2D eigenvalue weighted by molar-refractivity contribution is 6.07. The third kappa shape index (κ3) is 5.76. The number of carbonyl (C=O) groups is 2. The molecule has 0 unspecified atom stereocenters. The first-order valence-corrected chi connectivity index (χ1v) is 9.70. The Hall–Kier alpha value is -3.48. The Morgan fingerprint density at radius 3 is 2.37 bits per heavy atom. The third-order valence-corrected chi connectivity index (χ3v) is 4.39. The van der Waals surface area contributed by atoms with Gasteiger partial charge in [0.1, 0.15) is 0 Å². The first kappa shape index (κ1) is 22.8. The van der Waals surface area contributed by atoms with Gasteiger partial charge in [-0.15, -0.1) is 0 Å². The Balaban J connectivity index is 2.17. The molecule has 0 saturated carbocycles. The van der Waals surface area contributed by atoms with E-state index >= 15 is 0 Å². The van der Waals surface area contributed by atoms with Gasteiger partial charge in [0.15, 0.2) is 11.5 Å². The third-order valence-electron chi connectivity index (χ3n) is 4.39. The minimum Gasteiger partial charge on any atom is -0.493 e. The van der Waals surface area contributed by atoms with Crippen molar-refractivity contribution in [3.63, 3.8) is 0 Å². The molecule has 7 heteroatoms. The van der Waals surface area contributed by atoms with Gasteiger partial charge in [-0.05, 0) is 36.8 Å². The van der Waals surface area contributed by atoms with Crippen molar-refractivity contribution in [3.8, 4) is 17.2 Å². The minimum atomic E-state index is -0.374. The van der Waals surface area contributed by atoms with Crippen LogP contribution >= 0.6 is 0 Å². The van der Waals surface area contributed by atoms with Crippen LogP contribution in [0.4, 0.5) is 5.69 Å². The molecule has 160 valence electrons. The van der Waals surface area contributed by atoms with Gasteiger partial charge < -0.3 is 24.8 Å². The molecule has 0 aromatic heterocycles. The maximum atomic E-state index is 12.5. The molecule has 0 spiro atoms. The van der Waals surface area contributed by atoms with Gasteiger partial charge in [-0.3, -0.25) is 9.59 Å². The molecule has 0 heterocycles. The molecule has 0 atom stereocenters. The molecule has 2 rings (SSSR count). The van der Waals surface area contributed by atoms with Crippen molar-refractivity contribution >= 4 is 23.6 Å². The van der Waals surface area contributed by atoms with Gasteiger partial charge >= 0.3 is 0 Å². The zero-order valence-electron chi connectivity index (χ0n) is 17.8. The number of carbonyl (C=O) groups excluding carboxylic acids is 2. The smallest absolute Gasteiger partial charge is 0.253 e. The molecular formula is C23H28N2O5. The summed E-state index contributed by atoms with van der Waals surface area (Å²) in [4.78, 5) is 24.9. The molecule has 2 aromatic rings. The van der Waals surface area contributed by atoms with Gasteiger partial charge in [-0.2, -0.15) is 0 Å². The summed E-state index contributed by atoms with van der Waals surface area (Å²) in [5.74, 6) is 0.831. The number of hydrogen-bond donors (Lipinski definition) is 2. The van der Waals surface area contributed by atoms with Crippen LogP contribution in [0.5, 0.6) is 17.2 Å². The molecular weight excluding hydrogens is 384 g/mol. The number of benzene rings is 2. The van der Waals surface area contributed by atoms with Crippen molar-refractivity contribution in [1.29, 1.82) is 0 Å². The van der Waals surface area contributed by atoms with Gasteiger partial charge in [0.2, 0.25) is 11.7 Å². The summed E-state index contributed by atoms with van der Waals surface area (Å²) in [5.41, 5.74) is 1.51. The Morgan fingerprint density at radius 2 is 1.70 bits per heavy atom. The fraction of sp³-hybridized carbons (Fsp3) is 0.304. The van der Waals surface area contributed by atoms with Crippen LogP contribution in [-0.2, 0) is 4.79 Å². The Bertz CT molecular complexity index is 908. The molecule has 2 aromatic carbocycles. The number of anilines is 1. The number of hydrogen-bond acceptors (Lipinski definition) is 5. The van der Waals surface area contributed by atoms with Gasteiger partial charge in [0.25, 0.3) is 5.91 Å². The van der Waals surface area contributed by atoms with Gasteiger partial charge in [-0.1, -0.05) is 25.5 Å². The van der Waals surface area contributed by atoms with Gasteiger partial charge in [0.05, 0.1) is 32.6 Å². The summed E-state index contributed by atoms with van der Waals surface area (Å²) in [6.45, 7) is 2.65. The molecule has 2 N–H and O–H groups in total. The summed E-state index contributed by atoms with van der Waals surface area (Å²) >= 11 is 0. The summed E-state index contributed by atoms with van der Waals surface area (Å²) in [7, 11) is 4.57. The van der Waals surface area contributed by atoms with E-state index < -0.39 is 0 Å². The Labute approximate surface area is 177 Å². The van der Waals surface area contributed by atoms with Crippen LogP contribution in [0.2, 0.25) is 0 Å². The molecule has 0 saturated heterocycles. The highest BCUT2D eigenvalue weighted by Gasteiger charge is 2.15. The standard InChI is InChI=1S/C23H28N2O5/c1-5-6-15-24-23(27)17-9-7-8-10-18(17)25-20(26)14-12-16-11-13-19(28-2)22(30-4)21(16)29-3/h7-14H,5-6,15H2,1-4H3,(H,24,27)(H,25,26). The molecule has 0 bridgehead atoms. The number of para-hydroxylation sites is 1. The average Bonchev–Trinajstić information content (AvgIpc) is 2.77. The first-order chi connectivity index (χ1) is 14.5. The zero-order valence-corrected chi connectivity index (χ0v) is 17.8. The maximum absolute atomic E-state index is 12.5. The van der Waals surface area contributed by atoms with Crippen molar-refractivity contribution in [2.45, 2.75) is 19.8 Å². The van der Waals surface area contributed by atoms with E-state index in [1.807, 2.05) is 0 Å². The molecule has 30 heavy (non-hydrogen) atoms. The Kier molecular flexibility index (Phi) is 8.75. The number of ether oxygens (including phenoxy) is 3. The molecule has 7 nitrogen and oxygen atoms in total. The van der Waals surface area contributed by atoms with Crippen LogP contribution in [0, 0.1) is 0 Å². The molecule has 0 aliphatic heterocycles. The second kappa shape index (κ2) is 11.5. The van der Waals surface area contributed by atoms with Gasteiger partial charge in [0, 0.05) is 18.2 Å². The fourth-order valence-corrected chi connectivity index (χ4v) is 2.86. The second-order valence-corrected chi connectivity index (χ2v) is 6.40. The molecule has 0 fully saturated rings. The Morgan fingerprint density at radius 1 is 0.967 bits per heavy atom. The van der Waals surface area contributed by atoms with E-state index in [0.29, 0.717) is 40.6 Å². The molecule has 2 amide bonds. The highest BCUT2D eigenvalue weighted by atomic mass is 16.5. The number of unbranched alkanes of at least 4 members (excludes halogenated alkanes) is 1. The lowest BCUT2D eigenvalue weighted by Crippen LogP contribution is -2.25. The van der Waals surface area contributed by atoms with Crippen LogP contribution in [0.25, 0.3) is 6.08 Å². The number of rotatable bonds is 10. The van der Waals surface area contributed by atoms with Crippen molar-refractivity contribution in [1.82, 2.24) is 5.32 Å². The van der Waals surface area contributed by atoms with E-state index in [1.165, 1.54) is 27.4 Å². The predicted octanol–water partition coefficient (Wildman–Crippen LogP) is 3.89. The summed E-state index contributed by atoms with van der Waals surface area (Å²) in [6, 6.07) is 10.4. The lowest BCUT2D eigenvalue weighted by molar-refractivity contribution is -0.111. The molecule has 0 radical (unpaired) electrons. The van der Waals surface area contributed by atoms with Crippen LogP contribution in [0.3, 0.4) is 0 Å². The summed E-state index contributed by atoms with van der Waals surface area (Å²) < 4.78 is 16.0. The molecule has 0 aliphatic rings. The van der Waals surface area contributed by atoms with E-state index in [1.54, 1.807) is 42.5 Å². The first-order valence-electron chi connectivity index (χ1n) is 9.70. The SMILES string of the molecule is CCCCNC(=O)c1ccccc1NC(=O)C=Cc1ccc(OC)c(OC)c1OC. The van der Waals surface area contributed by atoms with E-state index in [2.05, 4.69) is 17.6 Å². The van der Waals surface area contributed by atoms with Crippen molar-refractivity contribution in [2.24, 2.45) is 0 Å². The number of methoxy groups -OCH3 is 3. The topological polar surface area (TPSA) is 85.9 Å².